The number of aryl methyl sites for hydroxylation is 2. The molecule has 0 bridgehead atoms. The van der Waals surface area contributed by atoms with E-state index in [9.17, 15) is 5.11 Å². The lowest BCUT2D eigenvalue weighted by Crippen LogP contribution is -2.36. The molecular formula is C18H28O2. The average molecular weight is 276 g/mol. The van der Waals surface area contributed by atoms with Crippen molar-refractivity contribution in [1.29, 1.82) is 0 Å². The van der Waals surface area contributed by atoms with Crippen molar-refractivity contribution < 1.29 is 9.84 Å². The van der Waals surface area contributed by atoms with Gasteiger partial charge in [0.1, 0.15) is 0 Å². The van der Waals surface area contributed by atoms with Gasteiger partial charge in [0, 0.05) is 5.92 Å². The minimum Gasteiger partial charge on any atom is -0.393 e. The maximum Gasteiger partial charge on any atom is 0.0687 e. The van der Waals surface area contributed by atoms with Crippen LogP contribution in [-0.4, -0.2) is 22.4 Å². The van der Waals surface area contributed by atoms with Gasteiger partial charge in [0.15, 0.2) is 0 Å². The zero-order valence-corrected chi connectivity index (χ0v) is 13.4. The highest BCUT2D eigenvalue weighted by Crippen LogP contribution is 2.44. The molecule has 1 heterocycles. The van der Waals surface area contributed by atoms with E-state index in [0.717, 1.165) is 19.3 Å². The smallest absolute Gasteiger partial charge is 0.0687 e. The van der Waals surface area contributed by atoms with Crippen LogP contribution in [0.5, 0.6) is 0 Å². The van der Waals surface area contributed by atoms with Gasteiger partial charge in [-0.1, -0.05) is 24.3 Å². The van der Waals surface area contributed by atoms with Gasteiger partial charge < -0.3 is 9.84 Å². The van der Waals surface area contributed by atoms with E-state index < -0.39 is 0 Å². The maximum absolute atomic E-state index is 10.6. The van der Waals surface area contributed by atoms with Crippen molar-refractivity contribution in [2.45, 2.75) is 71.2 Å². The Hall–Kier alpha value is -0.860. The van der Waals surface area contributed by atoms with E-state index in [0.29, 0.717) is 0 Å². The summed E-state index contributed by atoms with van der Waals surface area (Å²) in [6.45, 7) is 10.6. The standard InChI is InChI=1S/C18H28O2/c1-13-8-6-7-9-14(13)10-11-16(19)15-12-17(2,3)20-18(15,4)5/h6-9,15-16,19H,10-12H2,1-5H3. The lowest BCUT2D eigenvalue weighted by molar-refractivity contribution is -0.0880. The van der Waals surface area contributed by atoms with Crippen LogP contribution in [0.3, 0.4) is 0 Å². The van der Waals surface area contributed by atoms with Crippen LogP contribution in [0.1, 0.15) is 51.7 Å². The molecule has 1 aliphatic rings. The van der Waals surface area contributed by atoms with Crippen molar-refractivity contribution in [3.05, 3.63) is 35.4 Å². The number of hydrogen-bond acceptors (Lipinski definition) is 2. The SMILES string of the molecule is Cc1ccccc1CCC(O)C1CC(C)(C)OC1(C)C. The summed E-state index contributed by atoms with van der Waals surface area (Å²) >= 11 is 0. The first kappa shape index (κ1) is 15.5. The Balaban J connectivity index is 1.99. The molecule has 0 saturated carbocycles. The van der Waals surface area contributed by atoms with Gasteiger partial charge in [-0.2, -0.15) is 0 Å². The zero-order chi connectivity index (χ0) is 15.0. The molecule has 2 unspecified atom stereocenters. The van der Waals surface area contributed by atoms with Crippen LogP contribution >= 0.6 is 0 Å². The third kappa shape index (κ3) is 3.42. The normalized spacial score (nSPS) is 25.6. The van der Waals surface area contributed by atoms with Gasteiger partial charge >= 0.3 is 0 Å². The van der Waals surface area contributed by atoms with Crippen molar-refractivity contribution in [2.75, 3.05) is 0 Å². The fraction of sp³-hybridized carbons (Fsp3) is 0.667. The molecule has 2 rings (SSSR count). The Morgan fingerprint density at radius 3 is 2.45 bits per heavy atom. The third-order valence-electron chi connectivity index (χ3n) is 4.58. The third-order valence-corrected chi connectivity index (χ3v) is 4.58. The van der Waals surface area contributed by atoms with Crippen LogP contribution in [0.25, 0.3) is 0 Å². The first-order valence-corrected chi connectivity index (χ1v) is 7.64. The van der Waals surface area contributed by atoms with Crippen LogP contribution < -0.4 is 0 Å². The van der Waals surface area contributed by atoms with Crippen LogP contribution in [0.4, 0.5) is 0 Å². The Morgan fingerprint density at radius 2 is 1.90 bits per heavy atom. The Morgan fingerprint density at radius 1 is 1.25 bits per heavy atom. The summed E-state index contributed by atoms with van der Waals surface area (Å²) in [5.74, 6) is 0.210. The number of benzene rings is 1. The van der Waals surface area contributed by atoms with E-state index in [1.807, 2.05) is 0 Å². The summed E-state index contributed by atoms with van der Waals surface area (Å²) < 4.78 is 6.09. The quantitative estimate of drug-likeness (QED) is 0.904. The van der Waals surface area contributed by atoms with Gasteiger partial charge in [-0.3, -0.25) is 0 Å². The highest BCUT2D eigenvalue weighted by atomic mass is 16.5. The van der Waals surface area contributed by atoms with E-state index in [2.05, 4.69) is 58.9 Å². The molecule has 20 heavy (non-hydrogen) atoms. The van der Waals surface area contributed by atoms with Crippen LogP contribution in [0.2, 0.25) is 0 Å². The van der Waals surface area contributed by atoms with Crippen LogP contribution in [0, 0.1) is 12.8 Å². The minimum atomic E-state index is -0.300. The number of hydrogen-bond donors (Lipinski definition) is 1. The number of rotatable bonds is 4. The molecule has 112 valence electrons. The summed E-state index contributed by atoms with van der Waals surface area (Å²) in [5, 5.41) is 10.6. The van der Waals surface area contributed by atoms with Gasteiger partial charge in [-0.05, 0) is 65.0 Å². The van der Waals surface area contributed by atoms with Crippen molar-refractivity contribution >= 4 is 0 Å². The summed E-state index contributed by atoms with van der Waals surface area (Å²) in [6.07, 6.45) is 2.36. The molecule has 1 saturated heterocycles. The molecule has 2 nitrogen and oxygen atoms in total. The second-order valence-corrected chi connectivity index (χ2v) is 7.31. The maximum atomic E-state index is 10.6. The molecular weight excluding hydrogens is 248 g/mol. The summed E-state index contributed by atoms with van der Waals surface area (Å²) in [7, 11) is 0. The van der Waals surface area contributed by atoms with Crippen molar-refractivity contribution in [3.63, 3.8) is 0 Å². The first-order valence-electron chi connectivity index (χ1n) is 7.64. The predicted octanol–water partition coefficient (Wildman–Crippen LogP) is 3.88. The Bertz CT molecular complexity index is 462. The molecule has 0 spiro atoms. The van der Waals surface area contributed by atoms with Gasteiger partial charge in [-0.15, -0.1) is 0 Å². The fourth-order valence-electron chi connectivity index (χ4n) is 3.60. The van der Waals surface area contributed by atoms with Crippen molar-refractivity contribution in [2.24, 2.45) is 5.92 Å². The molecule has 0 radical (unpaired) electrons. The topological polar surface area (TPSA) is 29.5 Å². The fourth-order valence-corrected chi connectivity index (χ4v) is 3.60. The molecule has 2 heteroatoms. The zero-order valence-electron chi connectivity index (χ0n) is 13.4. The molecule has 0 aliphatic carbocycles. The highest BCUT2D eigenvalue weighted by Gasteiger charge is 2.48. The van der Waals surface area contributed by atoms with E-state index in [-0.39, 0.29) is 23.2 Å². The number of aliphatic hydroxyl groups is 1. The Kier molecular flexibility index (Phi) is 4.27. The molecule has 1 N–H and O–H groups in total. The molecule has 1 aromatic carbocycles. The lowest BCUT2D eigenvalue weighted by Gasteiger charge is -2.30. The average Bonchev–Trinajstić information content (AvgIpc) is 2.56. The van der Waals surface area contributed by atoms with Gasteiger partial charge in [0.2, 0.25) is 0 Å². The monoisotopic (exact) mass is 276 g/mol. The number of ether oxygens (including phenoxy) is 1. The summed E-state index contributed by atoms with van der Waals surface area (Å²) in [4.78, 5) is 0. The van der Waals surface area contributed by atoms with Crippen LogP contribution in [0.15, 0.2) is 24.3 Å². The summed E-state index contributed by atoms with van der Waals surface area (Å²) in [6, 6.07) is 8.42. The van der Waals surface area contributed by atoms with Gasteiger partial charge in [-0.25, -0.2) is 0 Å². The van der Waals surface area contributed by atoms with Gasteiger partial charge in [0.05, 0.1) is 17.3 Å². The molecule has 1 fully saturated rings. The van der Waals surface area contributed by atoms with E-state index >= 15 is 0 Å². The minimum absolute atomic E-state index is 0.127. The molecule has 0 aromatic heterocycles. The Labute approximate surface area is 123 Å². The largest absolute Gasteiger partial charge is 0.393 e. The highest BCUT2D eigenvalue weighted by molar-refractivity contribution is 5.25. The van der Waals surface area contributed by atoms with E-state index in [4.69, 9.17) is 4.74 Å². The van der Waals surface area contributed by atoms with Gasteiger partial charge in [0.25, 0.3) is 0 Å². The van der Waals surface area contributed by atoms with E-state index in [1.165, 1.54) is 11.1 Å². The number of aliphatic hydroxyl groups excluding tert-OH is 1. The predicted molar refractivity (Wildman–Crippen MR) is 82.9 cm³/mol. The first-order chi connectivity index (χ1) is 9.21. The van der Waals surface area contributed by atoms with Crippen LogP contribution in [-0.2, 0) is 11.2 Å². The van der Waals surface area contributed by atoms with E-state index in [1.54, 1.807) is 0 Å². The molecule has 1 aromatic rings. The lowest BCUT2D eigenvalue weighted by atomic mass is 9.81. The molecule has 0 amide bonds. The molecule has 2 atom stereocenters. The van der Waals surface area contributed by atoms with Crippen molar-refractivity contribution in [3.8, 4) is 0 Å². The molecule has 1 aliphatic heterocycles. The second-order valence-electron chi connectivity index (χ2n) is 7.31. The summed E-state index contributed by atoms with van der Waals surface area (Å²) in [5.41, 5.74) is 2.27. The van der Waals surface area contributed by atoms with Crippen molar-refractivity contribution in [1.82, 2.24) is 0 Å². The second kappa shape index (κ2) is 5.50.